The van der Waals surface area contributed by atoms with Crippen molar-refractivity contribution in [1.29, 1.82) is 0 Å². The number of benzene rings is 3. The zero-order valence-corrected chi connectivity index (χ0v) is 19.6. The molecule has 3 aromatic heterocycles. The van der Waals surface area contributed by atoms with E-state index < -0.39 is 11.6 Å². The number of thioether (sulfide) groups is 1. The minimum Gasteiger partial charge on any atom is -0.269 e. The molecule has 0 atom stereocenters. The minimum absolute atomic E-state index is 0.130. The molecule has 0 spiro atoms. The standard InChI is InChI=1S/C25H15F2N5OS2/c26-16-10-11-19(18(27)12-16)32-23(15-6-2-1-3-7-15)29-30-25(32)34-14-17-13-22(33)31-20-8-4-5-9-21(20)35-24(31)28-17/h1-13H,14H2. The molecule has 0 unspecified atom stereocenters. The summed E-state index contributed by atoms with van der Waals surface area (Å²) in [6.45, 7) is 0. The highest BCUT2D eigenvalue weighted by molar-refractivity contribution is 7.98. The van der Waals surface area contributed by atoms with Gasteiger partial charge in [-0.3, -0.25) is 13.8 Å². The number of fused-ring (bicyclic) bond motifs is 3. The lowest BCUT2D eigenvalue weighted by atomic mass is 10.2. The van der Waals surface area contributed by atoms with Gasteiger partial charge in [0.2, 0.25) is 0 Å². The highest BCUT2D eigenvalue weighted by Gasteiger charge is 2.20. The Morgan fingerprint density at radius 1 is 0.914 bits per heavy atom. The first kappa shape index (κ1) is 21.6. The van der Waals surface area contributed by atoms with Crippen LogP contribution in [-0.4, -0.2) is 24.1 Å². The Balaban J connectivity index is 1.40. The van der Waals surface area contributed by atoms with Gasteiger partial charge in [-0.05, 0) is 24.3 Å². The van der Waals surface area contributed by atoms with Crippen LogP contribution in [0.5, 0.6) is 0 Å². The molecule has 3 heterocycles. The summed E-state index contributed by atoms with van der Waals surface area (Å²) in [4.78, 5) is 18.1. The van der Waals surface area contributed by atoms with Gasteiger partial charge in [0, 0.05) is 23.4 Å². The number of halogens is 2. The van der Waals surface area contributed by atoms with Gasteiger partial charge in [0.05, 0.1) is 21.6 Å². The Labute approximate surface area is 205 Å². The van der Waals surface area contributed by atoms with Crippen molar-refractivity contribution in [2.75, 3.05) is 0 Å². The Kier molecular flexibility index (Phi) is 5.39. The van der Waals surface area contributed by atoms with Gasteiger partial charge in [-0.25, -0.2) is 13.8 Å². The number of aromatic nitrogens is 5. The largest absolute Gasteiger partial charge is 0.269 e. The van der Waals surface area contributed by atoms with Gasteiger partial charge >= 0.3 is 0 Å². The Hall–Kier alpha value is -3.89. The van der Waals surface area contributed by atoms with Gasteiger partial charge in [-0.15, -0.1) is 10.2 Å². The van der Waals surface area contributed by atoms with Gasteiger partial charge in [0.1, 0.15) is 11.6 Å². The van der Waals surface area contributed by atoms with Crippen LogP contribution in [0.25, 0.3) is 32.3 Å². The van der Waals surface area contributed by atoms with Crippen molar-refractivity contribution >= 4 is 38.3 Å². The Morgan fingerprint density at radius 3 is 2.54 bits per heavy atom. The van der Waals surface area contributed by atoms with Crippen molar-refractivity contribution in [2.45, 2.75) is 10.9 Å². The van der Waals surface area contributed by atoms with E-state index in [1.165, 1.54) is 41.3 Å². The molecule has 0 aliphatic rings. The second-order valence-electron chi connectivity index (χ2n) is 7.67. The quantitative estimate of drug-likeness (QED) is 0.281. The third-order valence-corrected chi connectivity index (χ3v) is 7.40. The van der Waals surface area contributed by atoms with Gasteiger partial charge in [0.25, 0.3) is 5.56 Å². The molecule has 0 N–H and O–H groups in total. The molecule has 172 valence electrons. The molecule has 3 aromatic carbocycles. The second kappa shape index (κ2) is 8.71. The van der Waals surface area contributed by atoms with Crippen LogP contribution in [0, 0.1) is 11.6 Å². The first-order valence-corrected chi connectivity index (χ1v) is 12.4. The summed E-state index contributed by atoms with van der Waals surface area (Å²) >= 11 is 2.71. The molecule has 35 heavy (non-hydrogen) atoms. The van der Waals surface area contributed by atoms with Gasteiger partial charge in [-0.2, -0.15) is 0 Å². The maximum absolute atomic E-state index is 14.8. The fraction of sp³-hybridized carbons (Fsp3) is 0.0400. The lowest BCUT2D eigenvalue weighted by Gasteiger charge is -2.11. The number of rotatable bonds is 5. The van der Waals surface area contributed by atoms with Crippen LogP contribution in [0.15, 0.2) is 88.8 Å². The van der Waals surface area contributed by atoms with E-state index in [4.69, 9.17) is 0 Å². The minimum atomic E-state index is -0.730. The smallest absolute Gasteiger partial charge is 0.259 e. The molecule has 6 rings (SSSR count). The van der Waals surface area contributed by atoms with Gasteiger partial charge < -0.3 is 0 Å². The lowest BCUT2D eigenvalue weighted by molar-refractivity contribution is 0.575. The number of hydrogen-bond acceptors (Lipinski definition) is 6. The van der Waals surface area contributed by atoms with Crippen LogP contribution in [0.2, 0.25) is 0 Å². The van der Waals surface area contributed by atoms with Crippen molar-refractivity contribution < 1.29 is 8.78 Å². The number of hydrogen-bond donors (Lipinski definition) is 0. The summed E-state index contributed by atoms with van der Waals surface area (Å²) in [5.41, 5.74) is 2.09. The average molecular weight is 504 g/mol. The van der Waals surface area contributed by atoms with E-state index in [2.05, 4.69) is 15.2 Å². The molecule has 0 fully saturated rings. The molecular weight excluding hydrogens is 488 g/mol. The zero-order chi connectivity index (χ0) is 23.9. The molecule has 10 heteroatoms. The number of para-hydroxylation sites is 1. The van der Waals surface area contributed by atoms with Gasteiger partial charge in [-0.1, -0.05) is 65.6 Å². The fourth-order valence-corrected chi connectivity index (χ4v) is 5.74. The monoisotopic (exact) mass is 503 g/mol. The van der Waals surface area contributed by atoms with E-state index in [9.17, 15) is 13.6 Å². The lowest BCUT2D eigenvalue weighted by Crippen LogP contribution is -2.13. The summed E-state index contributed by atoms with van der Waals surface area (Å²) in [5, 5.41) is 8.95. The molecule has 0 radical (unpaired) electrons. The number of thiazole rings is 1. The Bertz CT molecular complexity index is 1760. The predicted octanol–water partition coefficient (Wildman–Crippen LogP) is 5.73. The van der Waals surface area contributed by atoms with Crippen LogP contribution in [0.1, 0.15) is 5.69 Å². The fourth-order valence-electron chi connectivity index (χ4n) is 3.85. The predicted molar refractivity (Wildman–Crippen MR) is 133 cm³/mol. The summed E-state index contributed by atoms with van der Waals surface area (Å²) in [6.07, 6.45) is 0. The van der Waals surface area contributed by atoms with Crippen LogP contribution in [0.3, 0.4) is 0 Å². The molecule has 0 saturated carbocycles. The normalized spacial score (nSPS) is 11.5. The van der Waals surface area contributed by atoms with E-state index in [1.807, 2.05) is 54.6 Å². The highest BCUT2D eigenvalue weighted by atomic mass is 32.2. The second-order valence-corrected chi connectivity index (χ2v) is 9.62. The van der Waals surface area contributed by atoms with Crippen molar-refractivity contribution in [3.63, 3.8) is 0 Å². The third-order valence-electron chi connectivity index (χ3n) is 5.41. The molecular formula is C25H15F2N5OS2. The van der Waals surface area contributed by atoms with E-state index in [0.29, 0.717) is 27.4 Å². The average Bonchev–Trinajstić information content (AvgIpc) is 3.45. The summed E-state index contributed by atoms with van der Waals surface area (Å²) in [6, 6.07) is 21.8. The topological polar surface area (TPSA) is 65.1 Å². The van der Waals surface area contributed by atoms with Crippen LogP contribution >= 0.6 is 23.1 Å². The first-order valence-electron chi connectivity index (χ1n) is 10.6. The van der Waals surface area contributed by atoms with Crippen molar-refractivity contribution in [3.8, 4) is 17.1 Å². The molecule has 0 saturated heterocycles. The molecule has 0 amide bonds. The van der Waals surface area contributed by atoms with Crippen molar-refractivity contribution in [2.24, 2.45) is 0 Å². The molecule has 0 aliphatic heterocycles. The van der Waals surface area contributed by atoms with E-state index in [-0.39, 0.29) is 11.2 Å². The highest BCUT2D eigenvalue weighted by Crippen LogP contribution is 2.31. The zero-order valence-electron chi connectivity index (χ0n) is 17.9. The molecule has 6 nitrogen and oxygen atoms in total. The van der Waals surface area contributed by atoms with Crippen molar-refractivity contribution in [3.05, 3.63) is 107 Å². The third kappa shape index (κ3) is 3.90. The maximum Gasteiger partial charge on any atom is 0.259 e. The van der Waals surface area contributed by atoms with Gasteiger partial charge in [0.15, 0.2) is 15.9 Å². The first-order chi connectivity index (χ1) is 17.1. The number of nitrogens with zero attached hydrogens (tertiary/aromatic N) is 5. The summed E-state index contributed by atoms with van der Waals surface area (Å²) < 4.78 is 32.5. The molecule has 6 aromatic rings. The Morgan fingerprint density at radius 2 is 1.71 bits per heavy atom. The van der Waals surface area contributed by atoms with Crippen molar-refractivity contribution in [1.82, 2.24) is 24.1 Å². The summed E-state index contributed by atoms with van der Waals surface area (Å²) in [5.74, 6) is -0.662. The molecule has 0 bridgehead atoms. The van der Waals surface area contributed by atoms with E-state index in [1.54, 1.807) is 8.97 Å². The molecule has 0 aliphatic carbocycles. The maximum atomic E-state index is 14.8. The van der Waals surface area contributed by atoms with Crippen LogP contribution < -0.4 is 5.56 Å². The SMILES string of the molecule is O=c1cc(CSc2nnc(-c3ccccc3)n2-c2ccc(F)cc2F)nc2sc3ccccc3n12. The van der Waals surface area contributed by atoms with Crippen LogP contribution in [0.4, 0.5) is 8.78 Å². The summed E-state index contributed by atoms with van der Waals surface area (Å²) in [7, 11) is 0. The van der Waals surface area contributed by atoms with Crippen LogP contribution in [-0.2, 0) is 5.75 Å². The van der Waals surface area contributed by atoms with E-state index in [0.717, 1.165) is 21.8 Å². The van der Waals surface area contributed by atoms with E-state index >= 15 is 0 Å².